The van der Waals surface area contributed by atoms with E-state index in [9.17, 15) is 22.8 Å². The average Bonchev–Trinajstić information content (AvgIpc) is 2.52. The molecule has 0 radical (unpaired) electrons. The smallest absolute Gasteiger partial charge is 0.416 e. The highest BCUT2D eigenvalue weighted by Crippen LogP contribution is 2.38. The van der Waals surface area contributed by atoms with Crippen molar-refractivity contribution in [2.45, 2.75) is 13.1 Å². The molecule has 0 saturated carbocycles. The lowest BCUT2D eigenvalue weighted by molar-refractivity contribution is -0.137. The molecule has 0 aliphatic heterocycles. The number of benzene rings is 2. The number of methoxy groups -OCH3 is 1. The van der Waals surface area contributed by atoms with Crippen molar-refractivity contribution < 1.29 is 22.3 Å². The summed E-state index contributed by atoms with van der Waals surface area (Å²) in [4.78, 5) is 0. The minimum absolute atomic E-state index is 0.119. The Morgan fingerprint density at radius 2 is 1.83 bits per heavy atom. The minimum Gasteiger partial charge on any atom is -0.496 e. The van der Waals surface area contributed by atoms with Gasteiger partial charge in [0.1, 0.15) is 11.6 Å². The Kier molecular flexibility index (Phi) is 4.65. The zero-order valence-electron chi connectivity index (χ0n) is 13.0. The molecule has 0 aromatic heterocycles. The molecule has 0 atom stereocenters. The second-order valence-electron chi connectivity index (χ2n) is 5.18. The third-order valence-corrected chi connectivity index (χ3v) is 3.51. The van der Waals surface area contributed by atoms with E-state index >= 15 is 0 Å². The maximum atomic E-state index is 14.0. The molecule has 2 aromatic rings. The average molecular weight is 335 g/mol. The Bertz CT molecular complexity index is 847. The molecule has 24 heavy (non-hydrogen) atoms. The van der Waals surface area contributed by atoms with Crippen LogP contribution in [0.5, 0.6) is 5.75 Å². The summed E-state index contributed by atoms with van der Waals surface area (Å²) in [6.07, 6.45) is -4.56. The standard InChI is InChI=1S/C18H13F4NO/c1-10(2)14-7-15(17(24-3)8-16(14)19)13-5-4-12(18(20,21)22)6-11(13)9-23/h4-8H,1H2,2-3H3. The lowest BCUT2D eigenvalue weighted by Gasteiger charge is -2.15. The van der Waals surface area contributed by atoms with Gasteiger partial charge < -0.3 is 4.74 Å². The summed E-state index contributed by atoms with van der Waals surface area (Å²) in [5.41, 5.74) is 0.0924. The molecule has 0 bridgehead atoms. The summed E-state index contributed by atoms with van der Waals surface area (Å²) < 4.78 is 57.6. The third-order valence-electron chi connectivity index (χ3n) is 3.51. The predicted molar refractivity (Wildman–Crippen MR) is 82.8 cm³/mol. The number of nitriles is 1. The van der Waals surface area contributed by atoms with Gasteiger partial charge in [-0.2, -0.15) is 18.4 Å². The molecule has 0 amide bonds. The van der Waals surface area contributed by atoms with E-state index in [1.807, 2.05) is 0 Å². The molecular weight excluding hydrogens is 322 g/mol. The van der Waals surface area contributed by atoms with E-state index in [-0.39, 0.29) is 22.4 Å². The van der Waals surface area contributed by atoms with Gasteiger partial charge in [-0.1, -0.05) is 12.6 Å². The fraction of sp³-hybridized carbons (Fsp3) is 0.167. The van der Waals surface area contributed by atoms with Crippen molar-refractivity contribution in [3.05, 3.63) is 59.4 Å². The van der Waals surface area contributed by atoms with Crippen LogP contribution < -0.4 is 4.74 Å². The summed E-state index contributed by atoms with van der Waals surface area (Å²) in [6, 6.07) is 7.11. The maximum absolute atomic E-state index is 14.0. The van der Waals surface area contributed by atoms with Crippen LogP contribution in [0.2, 0.25) is 0 Å². The SMILES string of the molecule is C=C(C)c1cc(-c2ccc(C(F)(F)F)cc2C#N)c(OC)cc1F. The Morgan fingerprint density at radius 3 is 2.33 bits per heavy atom. The molecule has 0 heterocycles. The van der Waals surface area contributed by atoms with Crippen LogP contribution in [0.25, 0.3) is 16.7 Å². The largest absolute Gasteiger partial charge is 0.496 e. The van der Waals surface area contributed by atoms with Gasteiger partial charge in [-0.05, 0) is 30.7 Å². The lowest BCUT2D eigenvalue weighted by Crippen LogP contribution is -2.05. The molecule has 2 nitrogen and oxygen atoms in total. The maximum Gasteiger partial charge on any atom is 0.416 e. The van der Waals surface area contributed by atoms with E-state index in [2.05, 4.69) is 6.58 Å². The monoisotopic (exact) mass is 335 g/mol. The number of rotatable bonds is 3. The Hall–Kier alpha value is -2.81. The summed E-state index contributed by atoms with van der Waals surface area (Å²) in [6.45, 7) is 5.27. The first kappa shape index (κ1) is 17.5. The van der Waals surface area contributed by atoms with Crippen LogP contribution in [0.1, 0.15) is 23.6 Å². The summed E-state index contributed by atoms with van der Waals surface area (Å²) in [5.74, 6) is -0.442. The molecule has 0 spiro atoms. The number of nitrogens with zero attached hydrogens (tertiary/aromatic N) is 1. The van der Waals surface area contributed by atoms with Crippen molar-refractivity contribution in [3.8, 4) is 22.9 Å². The van der Waals surface area contributed by atoms with Gasteiger partial charge in [0.2, 0.25) is 0 Å². The Morgan fingerprint density at radius 1 is 1.17 bits per heavy atom. The Balaban J connectivity index is 2.74. The van der Waals surface area contributed by atoms with Crippen LogP contribution in [-0.2, 0) is 6.18 Å². The predicted octanol–water partition coefficient (Wildman–Crippen LogP) is 5.42. The van der Waals surface area contributed by atoms with Crippen LogP contribution >= 0.6 is 0 Å². The first-order valence-electron chi connectivity index (χ1n) is 6.84. The number of alkyl halides is 3. The molecular formula is C18H13F4NO. The van der Waals surface area contributed by atoms with Gasteiger partial charge in [-0.15, -0.1) is 0 Å². The molecule has 0 N–H and O–H groups in total. The van der Waals surface area contributed by atoms with Crippen molar-refractivity contribution in [3.63, 3.8) is 0 Å². The molecule has 0 aliphatic carbocycles. The van der Waals surface area contributed by atoms with Crippen molar-refractivity contribution in [1.82, 2.24) is 0 Å². The van der Waals surface area contributed by atoms with Crippen LogP contribution in [0.15, 0.2) is 36.9 Å². The number of hydrogen-bond donors (Lipinski definition) is 0. The van der Waals surface area contributed by atoms with Gasteiger partial charge in [0.05, 0.1) is 24.3 Å². The van der Waals surface area contributed by atoms with Crippen molar-refractivity contribution >= 4 is 5.57 Å². The second-order valence-corrected chi connectivity index (χ2v) is 5.18. The van der Waals surface area contributed by atoms with Gasteiger partial charge in [0, 0.05) is 22.8 Å². The van der Waals surface area contributed by atoms with E-state index in [1.54, 1.807) is 13.0 Å². The van der Waals surface area contributed by atoms with E-state index in [4.69, 9.17) is 4.74 Å². The van der Waals surface area contributed by atoms with Crippen LogP contribution in [-0.4, -0.2) is 7.11 Å². The van der Waals surface area contributed by atoms with E-state index < -0.39 is 17.6 Å². The number of allylic oxidation sites excluding steroid dienone is 1. The van der Waals surface area contributed by atoms with Gasteiger partial charge in [0.15, 0.2) is 0 Å². The van der Waals surface area contributed by atoms with Crippen molar-refractivity contribution in [1.29, 1.82) is 5.26 Å². The fourth-order valence-electron chi connectivity index (χ4n) is 2.31. The zero-order chi connectivity index (χ0) is 18.1. The highest BCUT2D eigenvalue weighted by Gasteiger charge is 2.31. The second kappa shape index (κ2) is 6.36. The molecule has 0 aliphatic rings. The molecule has 0 saturated heterocycles. The molecule has 2 rings (SSSR count). The lowest BCUT2D eigenvalue weighted by atomic mass is 9.94. The van der Waals surface area contributed by atoms with Crippen LogP contribution in [0.3, 0.4) is 0 Å². The van der Waals surface area contributed by atoms with Crippen LogP contribution in [0, 0.1) is 17.1 Å². The fourth-order valence-corrected chi connectivity index (χ4v) is 2.31. The van der Waals surface area contributed by atoms with Crippen LogP contribution in [0.4, 0.5) is 17.6 Å². The highest BCUT2D eigenvalue weighted by atomic mass is 19.4. The molecule has 2 aromatic carbocycles. The van der Waals surface area contributed by atoms with Gasteiger partial charge in [-0.25, -0.2) is 4.39 Å². The highest BCUT2D eigenvalue weighted by molar-refractivity contribution is 5.80. The van der Waals surface area contributed by atoms with Gasteiger partial charge in [-0.3, -0.25) is 0 Å². The van der Waals surface area contributed by atoms with Gasteiger partial charge >= 0.3 is 6.18 Å². The normalized spacial score (nSPS) is 11.0. The van der Waals surface area contributed by atoms with E-state index in [1.165, 1.54) is 19.2 Å². The quantitative estimate of drug-likeness (QED) is 0.701. The first-order valence-corrected chi connectivity index (χ1v) is 6.84. The van der Waals surface area contributed by atoms with E-state index in [0.29, 0.717) is 11.1 Å². The number of hydrogen-bond acceptors (Lipinski definition) is 2. The molecule has 0 fully saturated rings. The van der Waals surface area contributed by atoms with E-state index in [0.717, 1.165) is 18.2 Å². The molecule has 6 heteroatoms. The molecule has 124 valence electrons. The first-order chi connectivity index (χ1) is 11.2. The Labute approximate surface area is 136 Å². The summed E-state index contributed by atoms with van der Waals surface area (Å²) >= 11 is 0. The number of halogens is 4. The van der Waals surface area contributed by atoms with Gasteiger partial charge in [0.25, 0.3) is 0 Å². The minimum atomic E-state index is -4.56. The topological polar surface area (TPSA) is 33.0 Å². The zero-order valence-corrected chi connectivity index (χ0v) is 13.0. The molecule has 0 unspecified atom stereocenters. The summed E-state index contributed by atoms with van der Waals surface area (Å²) in [5, 5.41) is 9.22. The third kappa shape index (κ3) is 3.25. The van der Waals surface area contributed by atoms with Crippen molar-refractivity contribution in [2.24, 2.45) is 0 Å². The summed E-state index contributed by atoms with van der Waals surface area (Å²) in [7, 11) is 1.31. The number of ether oxygens (including phenoxy) is 1. The van der Waals surface area contributed by atoms with Crippen molar-refractivity contribution in [2.75, 3.05) is 7.11 Å².